The van der Waals surface area contributed by atoms with Crippen molar-refractivity contribution in [3.63, 3.8) is 0 Å². The van der Waals surface area contributed by atoms with Crippen LogP contribution in [0.3, 0.4) is 0 Å². The van der Waals surface area contributed by atoms with Crippen LogP contribution in [0.4, 0.5) is 0 Å². The van der Waals surface area contributed by atoms with Crippen LogP contribution in [0.5, 0.6) is 0 Å². The fourth-order valence-electron chi connectivity index (χ4n) is 9.94. The average Bonchev–Trinajstić information content (AvgIpc) is 3.62. The lowest BCUT2D eigenvalue weighted by Crippen LogP contribution is -2.41. The lowest BCUT2D eigenvalue weighted by atomic mass is 9.59. The van der Waals surface area contributed by atoms with E-state index < -0.39 is 0 Å². The van der Waals surface area contributed by atoms with Crippen LogP contribution in [0.2, 0.25) is 0 Å². The predicted molar refractivity (Wildman–Crippen MR) is 134 cm³/mol. The van der Waals surface area contributed by atoms with Gasteiger partial charge in [0.05, 0.1) is 0 Å². The van der Waals surface area contributed by atoms with Crippen molar-refractivity contribution in [2.24, 2.45) is 52.3 Å². The Labute approximate surface area is 195 Å². The Balaban J connectivity index is 1.17. The van der Waals surface area contributed by atoms with Gasteiger partial charge in [0, 0.05) is 0 Å². The van der Waals surface area contributed by atoms with Crippen LogP contribution in [0.1, 0.15) is 143 Å². The first-order chi connectivity index (χ1) is 15.1. The lowest BCUT2D eigenvalue weighted by Gasteiger charge is -2.45. The summed E-state index contributed by atoms with van der Waals surface area (Å²) in [6, 6.07) is 0. The summed E-state index contributed by atoms with van der Waals surface area (Å²) < 4.78 is 0. The molecule has 5 fully saturated rings. The third kappa shape index (κ3) is 4.54. The molecule has 0 aromatic carbocycles. The van der Waals surface area contributed by atoms with E-state index in [1.54, 1.807) is 51.4 Å². The second-order valence-corrected chi connectivity index (χ2v) is 13.8. The van der Waals surface area contributed by atoms with Crippen LogP contribution in [0, 0.1) is 52.3 Å². The van der Waals surface area contributed by atoms with E-state index in [0.29, 0.717) is 0 Å². The molecule has 178 valence electrons. The Bertz CT molecular complexity index is 587. The average molecular weight is 427 g/mol. The fraction of sp³-hybridized carbons (Fsp3) is 1.00. The Morgan fingerprint density at radius 2 is 1.39 bits per heavy atom. The monoisotopic (exact) mass is 426 g/mol. The number of hydrogen-bond acceptors (Lipinski definition) is 0. The van der Waals surface area contributed by atoms with Crippen molar-refractivity contribution in [1.82, 2.24) is 0 Å². The van der Waals surface area contributed by atoms with Gasteiger partial charge in [-0.1, -0.05) is 104 Å². The zero-order valence-electron chi connectivity index (χ0n) is 21.5. The van der Waals surface area contributed by atoms with Crippen LogP contribution in [-0.2, 0) is 0 Å². The molecule has 0 aromatic heterocycles. The van der Waals surface area contributed by atoms with Crippen molar-refractivity contribution in [3.8, 4) is 0 Å². The molecule has 0 aliphatic heterocycles. The Kier molecular flexibility index (Phi) is 6.86. The smallest absolute Gasteiger partial charge is 0.0258 e. The minimum Gasteiger partial charge on any atom is -0.0654 e. The molecule has 0 radical (unpaired) electrons. The van der Waals surface area contributed by atoms with E-state index in [2.05, 4.69) is 20.8 Å². The van der Waals surface area contributed by atoms with Crippen LogP contribution in [0.25, 0.3) is 0 Å². The molecule has 0 amide bonds. The largest absolute Gasteiger partial charge is 0.0654 e. The summed E-state index contributed by atoms with van der Waals surface area (Å²) in [7, 11) is 0. The molecule has 5 saturated carbocycles. The molecule has 0 bridgehead atoms. The highest BCUT2D eigenvalue weighted by Gasteiger charge is 2.78. The van der Waals surface area contributed by atoms with E-state index in [4.69, 9.17) is 0 Å². The van der Waals surface area contributed by atoms with Crippen LogP contribution in [0.15, 0.2) is 0 Å². The van der Waals surface area contributed by atoms with Gasteiger partial charge in [-0.3, -0.25) is 0 Å². The predicted octanol–water partition coefficient (Wildman–Crippen LogP) is 9.81. The standard InChI is InChI=1S/C31H54/c1-4-5-6-7-8-9-10-11-15-24-16-13-12-14-23(2)21-31(19-20-31)22-26-27-28-25(24)17-18-30(28,3)29(26)27/h23-29H,4-22H2,1-3H3. The summed E-state index contributed by atoms with van der Waals surface area (Å²) in [4.78, 5) is 0. The topological polar surface area (TPSA) is 0 Å². The molecule has 8 atom stereocenters. The Morgan fingerprint density at radius 3 is 2.13 bits per heavy atom. The highest BCUT2D eigenvalue weighted by molar-refractivity contribution is 5.26. The fourth-order valence-corrected chi connectivity index (χ4v) is 9.94. The normalized spacial score (nSPS) is 45.2. The van der Waals surface area contributed by atoms with E-state index in [1.165, 1.54) is 82.5 Å². The van der Waals surface area contributed by atoms with E-state index in [0.717, 1.165) is 40.4 Å². The summed E-state index contributed by atoms with van der Waals surface area (Å²) >= 11 is 0. The van der Waals surface area contributed by atoms with Crippen molar-refractivity contribution < 1.29 is 0 Å². The number of fused-ring (bicyclic) bond motifs is 2. The zero-order chi connectivity index (χ0) is 21.5. The first kappa shape index (κ1) is 22.8. The maximum absolute atomic E-state index is 2.75. The summed E-state index contributed by atoms with van der Waals surface area (Å²) in [5.74, 6) is 7.87. The molecule has 0 heteroatoms. The Morgan fingerprint density at radius 1 is 0.710 bits per heavy atom. The van der Waals surface area contributed by atoms with Crippen LogP contribution >= 0.6 is 0 Å². The quantitative estimate of drug-likeness (QED) is 0.322. The van der Waals surface area contributed by atoms with Gasteiger partial charge in [-0.2, -0.15) is 0 Å². The molecular formula is C31H54. The van der Waals surface area contributed by atoms with Gasteiger partial charge in [0.15, 0.2) is 0 Å². The van der Waals surface area contributed by atoms with Gasteiger partial charge in [0.25, 0.3) is 0 Å². The first-order valence-electron chi connectivity index (χ1n) is 15.1. The van der Waals surface area contributed by atoms with E-state index >= 15 is 0 Å². The van der Waals surface area contributed by atoms with E-state index in [9.17, 15) is 0 Å². The minimum atomic E-state index is 0.781. The molecule has 5 aliphatic rings. The highest BCUT2D eigenvalue weighted by atomic mass is 14.8. The third-order valence-electron chi connectivity index (χ3n) is 11.6. The first-order valence-corrected chi connectivity index (χ1v) is 15.1. The van der Waals surface area contributed by atoms with Crippen molar-refractivity contribution in [2.45, 2.75) is 143 Å². The molecule has 0 saturated heterocycles. The number of rotatable bonds is 9. The second-order valence-electron chi connectivity index (χ2n) is 13.8. The van der Waals surface area contributed by atoms with Crippen LogP contribution < -0.4 is 0 Å². The molecule has 5 rings (SSSR count). The van der Waals surface area contributed by atoms with Gasteiger partial charge in [-0.15, -0.1) is 0 Å². The van der Waals surface area contributed by atoms with E-state index in [1.807, 2.05) is 0 Å². The van der Waals surface area contributed by atoms with Crippen molar-refractivity contribution in [2.75, 3.05) is 0 Å². The molecular weight excluding hydrogens is 372 g/mol. The van der Waals surface area contributed by atoms with Gasteiger partial charge in [0.2, 0.25) is 0 Å². The SMILES string of the molecule is CCCCCCCCCCC1CCCCC(C)CC2(CC2)CC2C3C4C1CCC4(C)C23. The number of hydrogen-bond donors (Lipinski definition) is 0. The third-order valence-corrected chi connectivity index (χ3v) is 11.6. The Hall–Kier alpha value is 0. The van der Waals surface area contributed by atoms with Crippen molar-refractivity contribution in [3.05, 3.63) is 0 Å². The molecule has 0 heterocycles. The molecule has 0 nitrogen and oxygen atoms in total. The summed E-state index contributed by atoms with van der Waals surface area (Å²) in [6.07, 6.45) is 29.2. The van der Waals surface area contributed by atoms with Gasteiger partial charge in [-0.05, 0) is 90.8 Å². The van der Waals surface area contributed by atoms with Gasteiger partial charge in [-0.25, -0.2) is 0 Å². The maximum Gasteiger partial charge on any atom is -0.0258 e. The summed E-state index contributed by atoms with van der Waals surface area (Å²) in [6.45, 7) is 7.67. The molecule has 1 spiro atoms. The highest BCUT2D eigenvalue weighted by Crippen LogP contribution is 2.84. The second kappa shape index (κ2) is 9.33. The number of unbranched alkanes of at least 4 members (excludes halogenated alkanes) is 7. The van der Waals surface area contributed by atoms with E-state index in [-0.39, 0.29) is 0 Å². The maximum atomic E-state index is 2.75. The van der Waals surface area contributed by atoms with Gasteiger partial charge < -0.3 is 0 Å². The summed E-state index contributed by atoms with van der Waals surface area (Å²) in [5, 5.41) is 0. The lowest BCUT2D eigenvalue weighted by molar-refractivity contribution is 0.0193. The molecule has 0 aromatic rings. The van der Waals surface area contributed by atoms with Crippen molar-refractivity contribution in [1.29, 1.82) is 0 Å². The van der Waals surface area contributed by atoms with Gasteiger partial charge >= 0.3 is 0 Å². The van der Waals surface area contributed by atoms with Gasteiger partial charge in [0.1, 0.15) is 0 Å². The minimum absolute atomic E-state index is 0.781. The summed E-state index contributed by atoms with van der Waals surface area (Å²) in [5.41, 5.74) is 1.61. The molecule has 8 unspecified atom stereocenters. The molecule has 0 N–H and O–H groups in total. The van der Waals surface area contributed by atoms with Crippen molar-refractivity contribution >= 4 is 0 Å². The van der Waals surface area contributed by atoms with Crippen LogP contribution in [-0.4, -0.2) is 0 Å². The zero-order valence-corrected chi connectivity index (χ0v) is 21.5. The molecule has 5 aliphatic carbocycles. The molecule has 31 heavy (non-hydrogen) atoms.